The Bertz CT molecular complexity index is 554. The van der Waals surface area contributed by atoms with Gasteiger partial charge in [0.05, 0.1) is 0 Å². The summed E-state index contributed by atoms with van der Waals surface area (Å²) in [5.41, 5.74) is 8.99. The van der Waals surface area contributed by atoms with Crippen molar-refractivity contribution in [1.29, 1.82) is 0 Å². The van der Waals surface area contributed by atoms with Gasteiger partial charge in [-0.25, -0.2) is 4.39 Å². The van der Waals surface area contributed by atoms with Crippen molar-refractivity contribution < 1.29 is 4.39 Å². The Morgan fingerprint density at radius 3 is 2.68 bits per heavy atom. The highest BCUT2D eigenvalue weighted by Crippen LogP contribution is 2.25. The van der Waals surface area contributed by atoms with Crippen LogP contribution < -0.4 is 5.73 Å². The molecule has 2 aromatic rings. The zero-order valence-electron chi connectivity index (χ0n) is 11.0. The first-order chi connectivity index (χ1) is 9.17. The third-order valence-electron chi connectivity index (χ3n) is 2.85. The number of benzene rings is 2. The van der Waals surface area contributed by atoms with Crippen molar-refractivity contribution in [3.63, 3.8) is 0 Å². The zero-order valence-corrected chi connectivity index (χ0v) is 11.8. The largest absolute Gasteiger partial charge is 0.330 e. The molecule has 0 fully saturated rings. The average Bonchev–Trinajstić information content (AvgIpc) is 2.36. The lowest BCUT2D eigenvalue weighted by Crippen LogP contribution is -2.03. The lowest BCUT2D eigenvalue weighted by molar-refractivity contribution is 0.621. The SMILES string of the molecule is Cc1cccc(CSc2cc(F)cc(CCN)c2)c1. The van der Waals surface area contributed by atoms with Gasteiger partial charge in [0.25, 0.3) is 0 Å². The number of hydrogen-bond acceptors (Lipinski definition) is 2. The number of hydrogen-bond donors (Lipinski definition) is 1. The smallest absolute Gasteiger partial charge is 0.124 e. The van der Waals surface area contributed by atoms with E-state index in [0.717, 1.165) is 22.6 Å². The summed E-state index contributed by atoms with van der Waals surface area (Å²) in [6, 6.07) is 13.6. The molecule has 0 aliphatic rings. The van der Waals surface area contributed by atoms with Crippen LogP contribution in [-0.4, -0.2) is 6.54 Å². The molecule has 2 rings (SSSR count). The molecule has 100 valence electrons. The van der Waals surface area contributed by atoms with Crippen LogP contribution in [0.3, 0.4) is 0 Å². The van der Waals surface area contributed by atoms with E-state index in [1.807, 2.05) is 6.07 Å². The molecule has 0 atom stereocenters. The van der Waals surface area contributed by atoms with Crippen molar-refractivity contribution >= 4 is 11.8 Å². The average molecular weight is 275 g/mol. The Balaban J connectivity index is 2.06. The summed E-state index contributed by atoms with van der Waals surface area (Å²) >= 11 is 1.66. The molecule has 0 saturated heterocycles. The van der Waals surface area contributed by atoms with Gasteiger partial charge in [0.2, 0.25) is 0 Å². The van der Waals surface area contributed by atoms with Gasteiger partial charge in [0, 0.05) is 10.6 Å². The molecule has 0 spiro atoms. The molecule has 1 nitrogen and oxygen atoms in total. The predicted molar refractivity (Wildman–Crippen MR) is 79.9 cm³/mol. The second kappa shape index (κ2) is 6.73. The van der Waals surface area contributed by atoms with Gasteiger partial charge in [-0.3, -0.25) is 0 Å². The maximum absolute atomic E-state index is 13.5. The maximum atomic E-state index is 13.5. The molecule has 0 radical (unpaired) electrons. The molecule has 0 aromatic heterocycles. The standard InChI is InChI=1S/C16H18FNS/c1-12-3-2-4-14(7-12)11-19-16-9-13(5-6-18)8-15(17)10-16/h2-4,7-10H,5-6,11,18H2,1H3. The summed E-state index contributed by atoms with van der Waals surface area (Å²) in [5, 5.41) is 0. The monoisotopic (exact) mass is 275 g/mol. The van der Waals surface area contributed by atoms with Gasteiger partial charge in [-0.1, -0.05) is 29.8 Å². The predicted octanol–water partition coefficient (Wildman–Crippen LogP) is 3.93. The first-order valence-corrected chi connectivity index (χ1v) is 7.34. The van der Waals surface area contributed by atoms with Gasteiger partial charge in [-0.15, -0.1) is 11.8 Å². The second-order valence-corrected chi connectivity index (χ2v) is 5.66. The van der Waals surface area contributed by atoms with Crippen LogP contribution in [0.5, 0.6) is 0 Å². The lowest BCUT2D eigenvalue weighted by Gasteiger charge is -2.06. The quantitative estimate of drug-likeness (QED) is 0.837. The molecule has 0 heterocycles. The van der Waals surface area contributed by atoms with Crippen LogP contribution in [0, 0.1) is 12.7 Å². The Hall–Kier alpha value is -1.32. The molecule has 2 aromatic carbocycles. The van der Waals surface area contributed by atoms with Gasteiger partial charge in [-0.2, -0.15) is 0 Å². The highest BCUT2D eigenvalue weighted by molar-refractivity contribution is 7.98. The van der Waals surface area contributed by atoms with Gasteiger partial charge >= 0.3 is 0 Å². The number of aryl methyl sites for hydroxylation is 1. The van der Waals surface area contributed by atoms with E-state index in [2.05, 4.69) is 31.2 Å². The van der Waals surface area contributed by atoms with Crippen LogP contribution in [0.15, 0.2) is 47.4 Å². The van der Waals surface area contributed by atoms with Crippen LogP contribution in [0.25, 0.3) is 0 Å². The van der Waals surface area contributed by atoms with Crippen molar-refractivity contribution in [1.82, 2.24) is 0 Å². The van der Waals surface area contributed by atoms with Gasteiger partial charge in [0.1, 0.15) is 5.82 Å². The van der Waals surface area contributed by atoms with E-state index < -0.39 is 0 Å². The summed E-state index contributed by atoms with van der Waals surface area (Å²) in [4.78, 5) is 0.963. The number of halogens is 1. The highest BCUT2D eigenvalue weighted by atomic mass is 32.2. The summed E-state index contributed by atoms with van der Waals surface area (Å²) in [6.07, 6.45) is 0.718. The number of nitrogens with two attached hydrogens (primary N) is 1. The van der Waals surface area contributed by atoms with Crippen molar-refractivity contribution in [3.05, 3.63) is 65.0 Å². The van der Waals surface area contributed by atoms with Gasteiger partial charge in [0.15, 0.2) is 0 Å². The number of thioether (sulfide) groups is 1. The molecule has 0 aliphatic carbocycles. The van der Waals surface area contributed by atoms with E-state index in [0.29, 0.717) is 6.54 Å². The van der Waals surface area contributed by atoms with Gasteiger partial charge < -0.3 is 5.73 Å². The van der Waals surface area contributed by atoms with Crippen LogP contribution in [0.2, 0.25) is 0 Å². The Kier molecular flexibility index (Phi) is 5.00. The maximum Gasteiger partial charge on any atom is 0.124 e. The lowest BCUT2D eigenvalue weighted by atomic mass is 10.1. The number of rotatable bonds is 5. The molecule has 0 saturated carbocycles. The summed E-state index contributed by atoms with van der Waals surface area (Å²) in [5.74, 6) is 0.672. The van der Waals surface area contributed by atoms with E-state index in [1.165, 1.54) is 11.1 Å². The summed E-state index contributed by atoms with van der Waals surface area (Å²) in [6.45, 7) is 2.63. The summed E-state index contributed by atoms with van der Waals surface area (Å²) in [7, 11) is 0. The molecule has 19 heavy (non-hydrogen) atoms. The molecular weight excluding hydrogens is 257 g/mol. The van der Waals surface area contributed by atoms with Crippen LogP contribution in [0.4, 0.5) is 4.39 Å². The van der Waals surface area contributed by atoms with Crippen molar-refractivity contribution in [3.8, 4) is 0 Å². The fraction of sp³-hybridized carbons (Fsp3) is 0.250. The molecule has 3 heteroatoms. The zero-order chi connectivity index (χ0) is 13.7. The fourth-order valence-corrected chi connectivity index (χ4v) is 2.93. The van der Waals surface area contributed by atoms with E-state index >= 15 is 0 Å². The molecule has 0 amide bonds. The third-order valence-corrected chi connectivity index (χ3v) is 3.90. The van der Waals surface area contributed by atoms with E-state index in [-0.39, 0.29) is 5.82 Å². The minimum absolute atomic E-state index is 0.183. The topological polar surface area (TPSA) is 26.0 Å². The van der Waals surface area contributed by atoms with Crippen molar-refractivity contribution in [2.75, 3.05) is 6.54 Å². The third kappa shape index (κ3) is 4.37. The highest BCUT2D eigenvalue weighted by Gasteiger charge is 2.02. The van der Waals surface area contributed by atoms with Crippen LogP contribution in [0.1, 0.15) is 16.7 Å². The first kappa shape index (κ1) is 14.1. The Morgan fingerprint density at radius 2 is 1.95 bits per heavy atom. The van der Waals surface area contributed by atoms with E-state index in [1.54, 1.807) is 23.9 Å². The molecular formula is C16H18FNS. The minimum atomic E-state index is -0.183. The normalized spacial score (nSPS) is 10.7. The molecule has 0 bridgehead atoms. The Morgan fingerprint density at radius 1 is 1.11 bits per heavy atom. The molecule has 0 unspecified atom stereocenters. The minimum Gasteiger partial charge on any atom is -0.330 e. The van der Waals surface area contributed by atoms with Gasteiger partial charge in [-0.05, 0) is 49.2 Å². The van der Waals surface area contributed by atoms with Crippen LogP contribution in [-0.2, 0) is 12.2 Å². The molecule has 2 N–H and O–H groups in total. The van der Waals surface area contributed by atoms with Crippen LogP contribution >= 0.6 is 11.8 Å². The van der Waals surface area contributed by atoms with Crippen molar-refractivity contribution in [2.45, 2.75) is 24.0 Å². The van der Waals surface area contributed by atoms with E-state index in [4.69, 9.17) is 5.73 Å². The van der Waals surface area contributed by atoms with E-state index in [9.17, 15) is 4.39 Å². The first-order valence-electron chi connectivity index (χ1n) is 6.35. The second-order valence-electron chi connectivity index (χ2n) is 4.61. The Labute approximate surface area is 118 Å². The van der Waals surface area contributed by atoms with Crippen molar-refractivity contribution in [2.24, 2.45) is 5.73 Å². The fourth-order valence-electron chi connectivity index (χ4n) is 1.98. The summed E-state index contributed by atoms with van der Waals surface area (Å²) < 4.78 is 13.5. The molecule has 0 aliphatic heterocycles.